The van der Waals surface area contributed by atoms with E-state index in [2.05, 4.69) is 15.3 Å². The topological polar surface area (TPSA) is 99.6 Å². The number of aromatic nitrogens is 2. The Morgan fingerprint density at radius 3 is 2.45 bits per heavy atom. The summed E-state index contributed by atoms with van der Waals surface area (Å²) in [6, 6.07) is 10.1. The number of amides is 1. The van der Waals surface area contributed by atoms with Gasteiger partial charge in [0.15, 0.2) is 11.8 Å². The third kappa shape index (κ3) is 4.55. The summed E-state index contributed by atoms with van der Waals surface area (Å²) in [5, 5.41) is 2.91. The molecule has 2 aromatic carbocycles. The SMILES string of the molecule is COc1cc(OC)c(NC(=O)C(C)OC(=O)c2cnc3ccccc3n2)cc1Cl. The fourth-order valence-electron chi connectivity index (χ4n) is 2.52. The monoisotopic (exact) mass is 415 g/mol. The molecule has 0 saturated carbocycles. The lowest BCUT2D eigenvalue weighted by Crippen LogP contribution is -2.30. The van der Waals surface area contributed by atoms with Gasteiger partial charge in [-0.05, 0) is 25.1 Å². The molecule has 3 aromatic rings. The van der Waals surface area contributed by atoms with Crippen molar-refractivity contribution < 1.29 is 23.8 Å². The molecule has 0 fully saturated rings. The molecule has 0 aliphatic carbocycles. The molecule has 8 nitrogen and oxygen atoms in total. The van der Waals surface area contributed by atoms with Gasteiger partial charge in [-0.2, -0.15) is 0 Å². The van der Waals surface area contributed by atoms with Crippen molar-refractivity contribution in [3.8, 4) is 11.5 Å². The largest absolute Gasteiger partial charge is 0.495 e. The maximum atomic E-state index is 12.5. The Morgan fingerprint density at radius 2 is 1.76 bits per heavy atom. The van der Waals surface area contributed by atoms with E-state index in [1.165, 1.54) is 33.4 Å². The van der Waals surface area contributed by atoms with Gasteiger partial charge in [0.25, 0.3) is 5.91 Å². The van der Waals surface area contributed by atoms with Crippen molar-refractivity contribution in [3.63, 3.8) is 0 Å². The van der Waals surface area contributed by atoms with Gasteiger partial charge in [-0.3, -0.25) is 9.78 Å². The van der Waals surface area contributed by atoms with Gasteiger partial charge in [-0.1, -0.05) is 23.7 Å². The summed E-state index contributed by atoms with van der Waals surface area (Å²) in [6.07, 6.45) is 0.211. The molecule has 29 heavy (non-hydrogen) atoms. The number of benzene rings is 2. The van der Waals surface area contributed by atoms with E-state index in [1.807, 2.05) is 6.07 Å². The van der Waals surface area contributed by atoms with Gasteiger partial charge in [-0.25, -0.2) is 9.78 Å². The Labute approximate surface area is 171 Å². The lowest BCUT2D eigenvalue weighted by molar-refractivity contribution is -0.123. The van der Waals surface area contributed by atoms with Crippen LogP contribution in [0.25, 0.3) is 11.0 Å². The predicted octanol–water partition coefficient (Wildman–Crippen LogP) is 3.48. The first-order valence-electron chi connectivity index (χ1n) is 8.58. The minimum Gasteiger partial charge on any atom is -0.495 e. The minimum atomic E-state index is -1.10. The average Bonchev–Trinajstić information content (AvgIpc) is 2.73. The van der Waals surface area contributed by atoms with Gasteiger partial charge >= 0.3 is 5.97 Å². The van der Waals surface area contributed by atoms with Crippen LogP contribution in [0.15, 0.2) is 42.6 Å². The van der Waals surface area contributed by atoms with E-state index < -0.39 is 18.0 Å². The van der Waals surface area contributed by atoms with Gasteiger partial charge in [0, 0.05) is 6.07 Å². The van der Waals surface area contributed by atoms with E-state index in [0.717, 1.165) is 0 Å². The Bertz CT molecular complexity index is 1070. The van der Waals surface area contributed by atoms with E-state index in [1.54, 1.807) is 24.3 Å². The van der Waals surface area contributed by atoms with Crippen LogP contribution in [0, 0.1) is 0 Å². The Morgan fingerprint density at radius 1 is 1.07 bits per heavy atom. The summed E-state index contributed by atoms with van der Waals surface area (Å²) in [5.41, 5.74) is 1.53. The molecule has 1 amide bonds. The zero-order valence-corrected chi connectivity index (χ0v) is 16.7. The van der Waals surface area contributed by atoms with Gasteiger partial charge in [-0.15, -0.1) is 0 Å². The van der Waals surface area contributed by atoms with Crippen molar-refractivity contribution in [2.45, 2.75) is 13.0 Å². The number of hydrogen-bond acceptors (Lipinski definition) is 7. The van der Waals surface area contributed by atoms with E-state index in [9.17, 15) is 9.59 Å². The fraction of sp³-hybridized carbons (Fsp3) is 0.200. The van der Waals surface area contributed by atoms with Crippen molar-refractivity contribution in [2.75, 3.05) is 19.5 Å². The van der Waals surface area contributed by atoms with Crippen molar-refractivity contribution in [1.29, 1.82) is 0 Å². The number of ether oxygens (including phenoxy) is 3. The van der Waals surface area contributed by atoms with Gasteiger partial charge in [0.2, 0.25) is 0 Å². The second-order valence-electron chi connectivity index (χ2n) is 5.97. The van der Waals surface area contributed by atoms with Crippen LogP contribution < -0.4 is 14.8 Å². The Kier molecular flexibility index (Phi) is 6.13. The average molecular weight is 416 g/mol. The molecule has 0 aliphatic rings. The van der Waals surface area contributed by atoms with Gasteiger partial charge < -0.3 is 19.5 Å². The predicted molar refractivity (Wildman–Crippen MR) is 108 cm³/mol. The maximum absolute atomic E-state index is 12.5. The zero-order valence-electron chi connectivity index (χ0n) is 15.9. The molecule has 0 radical (unpaired) electrons. The molecule has 1 aromatic heterocycles. The van der Waals surface area contributed by atoms with Gasteiger partial charge in [0.1, 0.15) is 11.5 Å². The summed E-state index contributed by atoms with van der Waals surface area (Å²) in [4.78, 5) is 33.2. The van der Waals surface area contributed by atoms with Crippen LogP contribution in [0.3, 0.4) is 0 Å². The number of methoxy groups -OCH3 is 2. The third-order valence-corrected chi connectivity index (χ3v) is 4.34. The molecule has 0 bridgehead atoms. The van der Waals surface area contributed by atoms with Crippen LogP contribution in [0.5, 0.6) is 11.5 Å². The highest BCUT2D eigenvalue weighted by Crippen LogP contribution is 2.36. The molecule has 0 saturated heterocycles. The van der Waals surface area contributed by atoms with Crippen LogP contribution in [-0.4, -0.2) is 42.2 Å². The number of para-hydroxylation sites is 2. The number of halogens is 1. The summed E-state index contributed by atoms with van der Waals surface area (Å²) < 4.78 is 15.6. The number of carbonyl (C=O) groups excluding carboxylic acids is 2. The third-order valence-electron chi connectivity index (χ3n) is 4.04. The van der Waals surface area contributed by atoms with Crippen molar-refractivity contribution >= 4 is 40.2 Å². The first-order chi connectivity index (χ1) is 13.9. The van der Waals surface area contributed by atoms with Crippen molar-refractivity contribution in [3.05, 3.63) is 53.3 Å². The lowest BCUT2D eigenvalue weighted by atomic mass is 10.2. The lowest BCUT2D eigenvalue weighted by Gasteiger charge is -2.16. The summed E-state index contributed by atoms with van der Waals surface area (Å²) >= 11 is 6.10. The highest BCUT2D eigenvalue weighted by molar-refractivity contribution is 6.32. The summed E-state index contributed by atoms with van der Waals surface area (Å²) in [5.74, 6) is -0.577. The van der Waals surface area contributed by atoms with E-state index >= 15 is 0 Å². The number of anilines is 1. The number of fused-ring (bicyclic) bond motifs is 1. The number of carbonyl (C=O) groups is 2. The number of nitrogens with zero attached hydrogens (tertiary/aromatic N) is 2. The van der Waals surface area contributed by atoms with Crippen LogP contribution in [0.4, 0.5) is 5.69 Å². The van der Waals surface area contributed by atoms with Gasteiger partial charge in [0.05, 0.1) is 42.2 Å². The number of nitrogens with one attached hydrogen (secondary N) is 1. The molecule has 0 aliphatic heterocycles. The summed E-state index contributed by atoms with van der Waals surface area (Å²) in [7, 11) is 2.91. The second-order valence-corrected chi connectivity index (χ2v) is 6.37. The molecule has 1 unspecified atom stereocenters. The standard InChI is InChI=1S/C20H18ClN3O5/c1-11(19(25)24-15-8-12(21)17(27-2)9-18(15)28-3)29-20(26)16-10-22-13-6-4-5-7-14(13)23-16/h4-11H,1-3H3,(H,24,25). The van der Waals surface area contributed by atoms with E-state index in [4.69, 9.17) is 25.8 Å². The molecular formula is C20H18ClN3O5. The number of hydrogen-bond donors (Lipinski definition) is 1. The quantitative estimate of drug-likeness (QED) is 0.615. The van der Waals surface area contributed by atoms with Crippen LogP contribution in [-0.2, 0) is 9.53 Å². The number of esters is 1. The molecule has 1 heterocycles. The smallest absolute Gasteiger partial charge is 0.359 e. The van der Waals surface area contributed by atoms with Crippen LogP contribution >= 0.6 is 11.6 Å². The maximum Gasteiger partial charge on any atom is 0.359 e. The second kappa shape index (κ2) is 8.74. The molecule has 1 N–H and O–H groups in total. The highest BCUT2D eigenvalue weighted by atomic mass is 35.5. The summed E-state index contributed by atoms with van der Waals surface area (Å²) in [6.45, 7) is 1.44. The minimum absolute atomic E-state index is 0.00780. The first kappa shape index (κ1) is 20.3. The molecule has 3 rings (SSSR count). The number of rotatable bonds is 6. The normalized spacial score (nSPS) is 11.6. The molecule has 150 valence electrons. The van der Waals surface area contributed by atoms with E-state index in [0.29, 0.717) is 33.2 Å². The molecule has 9 heteroatoms. The van der Waals surface area contributed by atoms with Crippen molar-refractivity contribution in [1.82, 2.24) is 9.97 Å². The highest BCUT2D eigenvalue weighted by Gasteiger charge is 2.22. The van der Waals surface area contributed by atoms with Crippen LogP contribution in [0.1, 0.15) is 17.4 Å². The van der Waals surface area contributed by atoms with Crippen molar-refractivity contribution in [2.24, 2.45) is 0 Å². The first-order valence-corrected chi connectivity index (χ1v) is 8.96. The molecule has 1 atom stereocenters. The molecule has 0 spiro atoms. The van der Waals surface area contributed by atoms with E-state index in [-0.39, 0.29) is 5.69 Å². The molecular weight excluding hydrogens is 398 g/mol. The van der Waals surface area contributed by atoms with Crippen LogP contribution in [0.2, 0.25) is 5.02 Å². The fourth-order valence-corrected chi connectivity index (χ4v) is 2.76. The Hall–Kier alpha value is -3.39. The Balaban J connectivity index is 1.71. The zero-order chi connectivity index (χ0) is 21.0.